The number of nitrogens with one attached hydrogen (secondary N) is 5. The van der Waals surface area contributed by atoms with E-state index in [4.69, 9.17) is 29.2 Å². The van der Waals surface area contributed by atoms with Crippen LogP contribution in [0.4, 0.5) is 0 Å². The quantitative estimate of drug-likeness (QED) is 0.384. The van der Waals surface area contributed by atoms with Gasteiger partial charge in [0.1, 0.15) is 5.75 Å². The Hall–Kier alpha value is -2.72. The van der Waals surface area contributed by atoms with Crippen molar-refractivity contribution in [3.8, 4) is 5.75 Å². The van der Waals surface area contributed by atoms with Crippen LogP contribution < -0.4 is 26.5 Å². The van der Waals surface area contributed by atoms with E-state index in [1.807, 2.05) is 24.3 Å². The molecule has 0 aliphatic carbocycles. The summed E-state index contributed by atoms with van der Waals surface area (Å²) in [5.74, 6) is 0.403. The predicted molar refractivity (Wildman–Crippen MR) is 99.7 cm³/mol. The van der Waals surface area contributed by atoms with Crippen molar-refractivity contribution >= 4 is 35.5 Å². The number of thiocarbonyl (C=S) groups is 1. The predicted octanol–water partition coefficient (Wildman–Crippen LogP) is 0.679. The number of benzene rings is 1. The molecule has 0 aliphatic heterocycles. The summed E-state index contributed by atoms with van der Waals surface area (Å²) in [4.78, 5) is 28.3. The fourth-order valence-electron chi connectivity index (χ4n) is 1.93. The smallest absolute Gasteiger partial charge is 0.251 e. The van der Waals surface area contributed by atoms with Crippen LogP contribution in [0, 0.1) is 4.77 Å². The second-order valence-electron chi connectivity index (χ2n) is 4.99. The van der Waals surface area contributed by atoms with E-state index in [1.165, 1.54) is 6.07 Å². The van der Waals surface area contributed by atoms with Crippen LogP contribution in [0.15, 0.2) is 35.1 Å². The Morgan fingerprint density at radius 2 is 1.92 bits per heavy atom. The van der Waals surface area contributed by atoms with Crippen molar-refractivity contribution < 1.29 is 9.53 Å². The molecule has 1 heterocycles. The summed E-state index contributed by atoms with van der Waals surface area (Å²) in [5, 5.41) is 3.23. The first kappa shape index (κ1) is 18.6. The number of methoxy groups -OCH3 is 1. The van der Waals surface area contributed by atoms with E-state index in [1.54, 1.807) is 7.11 Å². The van der Waals surface area contributed by atoms with E-state index in [-0.39, 0.29) is 27.8 Å². The van der Waals surface area contributed by atoms with Gasteiger partial charge in [0.25, 0.3) is 5.56 Å². The maximum Gasteiger partial charge on any atom is 0.251 e. The average Bonchev–Trinajstić information content (AvgIpc) is 2.57. The minimum atomic E-state index is -0.371. The molecule has 0 bridgehead atoms. The number of hydrogen-bond acceptors (Lipinski definition) is 5. The summed E-state index contributed by atoms with van der Waals surface area (Å²) < 4.78 is 5.25. The van der Waals surface area contributed by atoms with E-state index >= 15 is 0 Å². The Labute approximate surface area is 154 Å². The number of carbonyl (C=O) groups excluding carboxylic acids is 1. The third-order valence-corrected chi connectivity index (χ3v) is 3.55. The Balaban J connectivity index is 1.75. The number of aromatic nitrogens is 2. The normalized spacial score (nSPS) is 9.96. The maximum atomic E-state index is 11.8. The Morgan fingerprint density at radius 1 is 1.20 bits per heavy atom. The molecular formula is C15H17N5O3S2. The maximum absolute atomic E-state index is 11.8. The highest BCUT2D eigenvalue weighted by Gasteiger charge is 2.05. The van der Waals surface area contributed by atoms with E-state index < -0.39 is 0 Å². The lowest BCUT2D eigenvalue weighted by atomic mass is 10.2. The minimum absolute atomic E-state index is 0.0400. The van der Waals surface area contributed by atoms with Gasteiger partial charge in [0.2, 0.25) is 5.91 Å². The van der Waals surface area contributed by atoms with Gasteiger partial charge in [-0.3, -0.25) is 25.4 Å². The molecule has 1 aromatic carbocycles. The molecule has 5 N–H and O–H groups in total. The molecule has 1 amide bonds. The molecule has 0 saturated heterocycles. The lowest BCUT2D eigenvalue weighted by Crippen LogP contribution is -2.47. The topological polar surface area (TPSA) is 111 Å². The molecule has 10 heteroatoms. The molecule has 0 atom stereocenters. The van der Waals surface area contributed by atoms with Gasteiger partial charge in [-0.1, -0.05) is 12.1 Å². The zero-order chi connectivity index (χ0) is 18.2. The molecule has 0 aliphatic rings. The zero-order valence-electron chi connectivity index (χ0n) is 13.3. The van der Waals surface area contributed by atoms with Gasteiger partial charge in [0.15, 0.2) is 9.88 Å². The molecule has 0 radical (unpaired) electrons. The number of carbonyl (C=O) groups is 1. The highest BCUT2D eigenvalue weighted by Crippen LogP contribution is 2.10. The fraction of sp³-hybridized carbons (Fsp3) is 0.200. The highest BCUT2D eigenvalue weighted by molar-refractivity contribution is 7.80. The van der Waals surface area contributed by atoms with Crippen molar-refractivity contribution in [2.45, 2.75) is 13.0 Å². The first-order valence-corrected chi connectivity index (χ1v) is 8.06. The van der Waals surface area contributed by atoms with Crippen molar-refractivity contribution in [3.63, 3.8) is 0 Å². The Kier molecular flexibility index (Phi) is 6.66. The molecule has 132 valence electrons. The summed E-state index contributed by atoms with van der Waals surface area (Å²) in [6, 6.07) is 8.78. The van der Waals surface area contributed by atoms with Crippen LogP contribution in [0.1, 0.15) is 11.3 Å². The molecule has 25 heavy (non-hydrogen) atoms. The monoisotopic (exact) mass is 379 g/mol. The highest BCUT2D eigenvalue weighted by atomic mass is 32.1. The SMILES string of the molecule is COc1ccc(CNC(=S)NNC(=O)Cc2cc(=O)[nH]c(=S)[nH]2)cc1. The van der Waals surface area contributed by atoms with Gasteiger partial charge in [-0.2, -0.15) is 0 Å². The number of ether oxygens (including phenoxy) is 1. The fourth-order valence-corrected chi connectivity index (χ4v) is 2.28. The van der Waals surface area contributed by atoms with Crippen molar-refractivity contribution in [1.29, 1.82) is 0 Å². The summed E-state index contributed by atoms with van der Waals surface area (Å²) >= 11 is 9.93. The van der Waals surface area contributed by atoms with Crippen LogP contribution in [0.5, 0.6) is 5.75 Å². The van der Waals surface area contributed by atoms with E-state index in [9.17, 15) is 9.59 Å². The third kappa shape index (κ3) is 6.36. The number of amides is 1. The van der Waals surface area contributed by atoms with Gasteiger partial charge >= 0.3 is 0 Å². The molecule has 0 saturated carbocycles. The molecule has 8 nitrogen and oxygen atoms in total. The molecule has 0 fully saturated rings. The lowest BCUT2D eigenvalue weighted by Gasteiger charge is -2.12. The molecule has 0 unspecified atom stereocenters. The summed E-state index contributed by atoms with van der Waals surface area (Å²) in [7, 11) is 1.60. The average molecular weight is 379 g/mol. The first-order valence-electron chi connectivity index (χ1n) is 7.24. The summed E-state index contributed by atoms with van der Waals surface area (Å²) in [5.41, 5.74) is 6.09. The van der Waals surface area contributed by atoms with Gasteiger partial charge in [-0.05, 0) is 42.1 Å². The molecule has 2 rings (SSSR count). The molecule has 0 spiro atoms. The van der Waals surface area contributed by atoms with E-state index in [0.717, 1.165) is 11.3 Å². The minimum Gasteiger partial charge on any atom is -0.497 e. The van der Waals surface area contributed by atoms with E-state index in [2.05, 4.69) is 26.1 Å². The van der Waals surface area contributed by atoms with Crippen LogP contribution in [0.2, 0.25) is 0 Å². The number of H-pyrrole nitrogens is 2. The second kappa shape index (κ2) is 8.94. The molecule has 1 aromatic heterocycles. The third-order valence-electron chi connectivity index (χ3n) is 3.09. The van der Waals surface area contributed by atoms with Crippen molar-refractivity contribution in [2.75, 3.05) is 7.11 Å². The van der Waals surface area contributed by atoms with Gasteiger partial charge < -0.3 is 15.0 Å². The standard InChI is InChI=1S/C15H17N5O3S2/c1-23-11-4-2-9(3-5-11)8-16-14(24)20-19-13(22)7-10-6-12(21)18-15(25)17-10/h2-6H,7-8H2,1H3,(H,19,22)(H2,16,20,24)(H2,17,18,21,25). The van der Waals surface area contributed by atoms with Crippen molar-refractivity contribution in [1.82, 2.24) is 26.1 Å². The van der Waals surface area contributed by atoms with Crippen molar-refractivity contribution in [2.24, 2.45) is 0 Å². The van der Waals surface area contributed by atoms with Crippen LogP contribution in [-0.2, 0) is 17.8 Å². The van der Waals surface area contributed by atoms with Gasteiger partial charge in [0, 0.05) is 18.3 Å². The zero-order valence-corrected chi connectivity index (χ0v) is 15.0. The number of hydrazine groups is 1. The summed E-state index contributed by atoms with van der Waals surface area (Å²) in [6.45, 7) is 0.493. The molecule has 2 aromatic rings. The van der Waals surface area contributed by atoms with Gasteiger partial charge in [0.05, 0.1) is 13.5 Å². The van der Waals surface area contributed by atoms with Gasteiger partial charge in [-0.15, -0.1) is 0 Å². The van der Waals surface area contributed by atoms with Crippen LogP contribution >= 0.6 is 24.4 Å². The Morgan fingerprint density at radius 3 is 2.56 bits per heavy atom. The van der Waals surface area contributed by atoms with Crippen LogP contribution in [-0.4, -0.2) is 28.1 Å². The van der Waals surface area contributed by atoms with Crippen molar-refractivity contribution in [3.05, 3.63) is 56.7 Å². The number of rotatable bonds is 5. The second-order valence-corrected chi connectivity index (χ2v) is 5.81. The summed E-state index contributed by atoms with van der Waals surface area (Å²) in [6.07, 6.45) is -0.0400. The first-order chi connectivity index (χ1) is 12.0. The largest absolute Gasteiger partial charge is 0.497 e. The van der Waals surface area contributed by atoms with E-state index in [0.29, 0.717) is 12.2 Å². The van der Waals surface area contributed by atoms with Crippen LogP contribution in [0.25, 0.3) is 0 Å². The number of aromatic amines is 2. The molecular weight excluding hydrogens is 362 g/mol. The lowest BCUT2D eigenvalue weighted by molar-refractivity contribution is -0.121. The van der Waals surface area contributed by atoms with Gasteiger partial charge in [-0.25, -0.2) is 0 Å². The number of hydrogen-bond donors (Lipinski definition) is 5. The van der Waals surface area contributed by atoms with Crippen LogP contribution in [0.3, 0.4) is 0 Å². The Bertz CT molecular complexity index is 832.